The van der Waals surface area contributed by atoms with Gasteiger partial charge in [0.25, 0.3) is 5.91 Å². The van der Waals surface area contributed by atoms with Gasteiger partial charge in [-0.3, -0.25) is 4.79 Å². The van der Waals surface area contributed by atoms with Crippen LogP contribution < -0.4 is 10.1 Å². The van der Waals surface area contributed by atoms with Crippen molar-refractivity contribution >= 4 is 27.5 Å². The summed E-state index contributed by atoms with van der Waals surface area (Å²) in [4.78, 5) is 12.1. The number of ether oxygens (including phenoxy) is 1. The van der Waals surface area contributed by atoms with E-state index in [0.717, 1.165) is 17.4 Å². The summed E-state index contributed by atoms with van der Waals surface area (Å²) in [6, 6.07) is 14.9. The van der Waals surface area contributed by atoms with E-state index in [0.29, 0.717) is 11.3 Å². The number of halogens is 1. The van der Waals surface area contributed by atoms with E-state index in [-0.39, 0.29) is 5.91 Å². The Balaban J connectivity index is 2.06. The fraction of sp³-hybridized carbons (Fsp3) is 0.188. The van der Waals surface area contributed by atoms with E-state index >= 15 is 0 Å². The highest BCUT2D eigenvalue weighted by Gasteiger charge is 2.07. The molecular formula is C16H16BrNO2. The van der Waals surface area contributed by atoms with E-state index in [9.17, 15) is 4.79 Å². The first-order chi connectivity index (χ1) is 9.72. The summed E-state index contributed by atoms with van der Waals surface area (Å²) >= 11 is 3.41. The smallest absolute Gasteiger partial charge is 0.255 e. The second kappa shape index (κ2) is 7.10. The lowest BCUT2D eigenvalue weighted by atomic mass is 10.1. The Kier molecular flexibility index (Phi) is 5.18. The minimum atomic E-state index is -0.142. The van der Waals surface area contributed by atoms with Crippen LogP contribution in [0.4, 0.5) is 5.69 Å². The third-order valence-electron chi connectivity index (χ3n) is 2.93. The van der Waals surface area contributed by atoms with Crippen LogP contribution in [-0.2, 0) is 6.42 Å². The molecule has 0 atom stereocenters. The number of carbonyl (C=O) groups is 1. The average Bonchev–Trinajstić information content (AvgIpc) is 2.49. The molecule has 2 aromatic rings. The molecule has 2 rings (SSSR count). The number of nitrogens with one attached hydrogen (secondary N) is 1. The standard InChI is InChI=1S/C16H16BrNO2/c1-20-15-4-2-3-13(11-15)16(19)18-14-7-5-12(6-8-14)9-10-17/h2-8,11H,9-10H2,1H3,(H,18,19). The van der Waals surface area contributed by atoms with Gasteiger partial charge < -0.3 is 10.1 Å². The van der Waals surface area contributed by atoms with Crippen molar-refractivity contribution in [3.63, 3.8) is 0 Å². The number of anilines is 1. The molecule has 0 saturated heterocycles. The molecule has 0 aliphatic carbocycles. The molecular weight excluding hydrogens is 318 g/mol. The Bertz CT molecular complexity index is 581. The monoisotopic (exact) mass is 333 g/mol. The average molecular weight is 334 g/mol. The summed E-state index contributed by atoms with van der Waals surface area (Å²) < 4.78 is 5.11. The molecule has 4 heteroatoms. The van der Waals surface area contributed by atoms with E-state index in [2.05, 4.69) is 21.2 Å². The molecule has 0 saturated carbocycles. The zero-order valence-corrected chi connectivity index (χ0v) is 12.8. The van der Waals surface area contributed by atoms with Crippen molar-refractivity contribution in [3.8, 4) is 5.75 Å². The Labute approximate surface area is 127 Å². The largest absolute Gasteiger partial charge is 0.497 e. The molecule has 0 aromatic heterocycles. The molecule has 2 aromatic carbocycles. The van der Waals surface area contributed by atoms with Gasteiger partial charge in [0, 0.05) is 16.6 Å². The predicted octanol–water partition coefficient (Wildman–Crippen LogP) is 3.88. The number of alkyl halides is 1. The van der Waals surface area contributed by atoms with Gasteiger partial charge in [-0.2, -0.15) is 0 Å². The normalized spacial score (nSPS) is 10.1. The first kappa shape index (κ1) is 14.6. The molecule has 0 spiro atoms. The van der Waals surface area contributed by atoms with Crippen molar-refractivity contribution in [2.75, 3.05) is 17.8 Å². The second-order valence-corrected chi connectivity index (χ2v) is 5.11. The number of carbonyl (C=O) groups excluding carboxylic acids is 1. The quantitative estimate of drug-likeness (QED) is 0.843. The highest BCUT2D eigenvalue weighted by atomic mass is 79.9. The van der Waals surface area contributed by atoms with E-state index in [1.807, 2.05) is 30.3 Å². The Morgan fingerprint density at radius 3 is 2.60 bits per heavy atom. The summed E-state index contributed by atoms with van der Waals surface area (Å²) in [6.07, 6.45) is 0.976. The lowest BCUT2D eigenvalue weighted by Crippen LogP contribution is -2.11. The number of aryl methyl sites for hydroxylation is 1. The van der Waals surface area contributed by atoms with Gasteiger partial charge in [-0.15, -0.1) is 0 Å². The number of rotatable bonds is 5. The van der Waals surface area contributed by atoms with Gasteiger partial charge in [0.05, 0.1) is 7.11 Å². The van der Waals surface area contributed by atoms with Crippen LogP contribution in [0.25, 0.3) is 0 Å². The molecule has 3 nitrogen and oxygen atoms in total. The summed E-state index contributed by atoms with van der Waals surface area (Å²) in [7, 11) is 1.58. The molecule has 104 valence electrons. The van der Waals surface area contributed by atoms with Crippen molar-refractivity contribution in [2.24, 2.45) is 0 Å². The van der Waals surface area contributed by atoms with E-state index in [1.165, 1.54) is 5.56 Å². The zero-order valence-electron chi connectivity index (χ0n) is 11.2. The van der Waals surface area contributed by atoms with Crippen LogP contribution in [0, 0.1) is 0 Å². The van der Waals surface area contributed by atoms with Crippen LogP contribution in [-0.4, -0.2) is 18.3 Å². The van der Waals surface area contributed by atoms with Gasteiger partial charge in [-0.25, -0.2) is 0 Å². The predicted molar refractivity (Wildman–Crippen MR) is 84.9 cm³/mol. The third kappa shape index (κ3) is 3.84. The lowest BCUT2D eigenvalue weighted by Gasteiger charge is -2.07. The van der Waals surface area contributed by atoms with Crippen LogP contribution in [0.1, 0.15) is 15.9 Å². The summed E-state index contributed by atoms with van der Waals surface area (Å²) in [6.45, 7) is 0. The van der Waals surface area contributed by atoms with Crippen LogP contribution >= 0.6 is 15.9 Å². The van der Waals surface area contributed by atoms with Crippen LogP contribution in [0.5, 0.6) is 5.75 Å². The Hall–Kier alpha value is -1.81. The maximum atomic E-state index is 12.1. The maximum absolute atomic E-state index is 12.1. The lowest BCUT2D eigenvalue weighted by molar-refractivity contribution is 0.102. The molecule has 0 aliphatic rings. The third-order valence-corrected chi connectivity index (χ3v) is 3.32. The van der Waals surface area contributed by atoms with Gasteiger partial charge in [-0.05, 0) is 42.3 Å². The van der Waals surface area contributed by atoms with Gasteiger partial charge in [-0.1, -0.05) is 34.1 Å². The van der Waals surface area contributed by atoms with Gasteiger partial charge in [0.1, 0.15) is 5.75 Å². The van der Waals surface area contributed by atoms with Gasteiger partial charge in [0.2, 0.25) is 0 Å². The van der Waals surface area contributed by atoms with Crippen LogP contribution in [0.15, 0.2) is 48.5 Å². The fourth-order valence-electron chi connectivity index (χ4n) is 1.83. The second-order valence-electron chi connectivity index (χ2n) is 4.32. The summed E-state index contributed by atoms with van der Waals surface area (Å²) in [5.41, 5.74) is 2.60. The van der Waals surface area contributed by atoms with Gasteiger partial charge >= 0.3 is 0 Å². The maximum Gasteiger partial charge on any atom is 0.255 e. The number of methoxy groups -OCH3 is 1. The van der Waals surface area contributed by atoms with Crippen molar-refractivity contribution in [1.82, 2.24) is 0 Å². The van der Waals surface area contributed by atoms with Crippen molar-refractivity contribution in [1.29, 1.82) is 0 Å². The molecule has 1 N–H and O–H groups in total. The van der Waals surface area contributed by atoms with Crippen LogP contribution in [0.3, 0.4) is 0 Å². The number of amides is 1. The van der Waals surface area contributed by atoms with Gasteiger partial charge in [0.15, 0.2) is 0 Å². The SMILES string of the molecule is COc1cccc(C(=O)Nc2ccc(CCBr)cc2)c1. The van der Waals surface area contributed by atoms with Crippen LogP contribution in [0.2, 0.25) is 0 Å². The van der Waals surface area contributed by atoms with E-state index in [4.69, 9.17) is 4.74 Å². The van der Waals surface area contributed by atoms with E-state index < -0.39 is 0 Å². The van der Waals surface area contributed by atoms with Crippen molar-refractivity contribution < 1.29 is 9.53 Å². The molecule has 0 fully saturated rings. The molecule has 0 unspecified atom stereocenters. The summed E-state index contributed by atoms with van der Waals surface area (Å²) in [5, 5.41) is 3.81. The molecule has 1 amide bonds. The minimum absolute atomic E-state index is 0.142. The Morgan fingerprint density at radius 1 is 1.20 bits per heavy atom. The molecule has 0 radical (unpaired) electrons. The number of hydrogen-bond acceptors (Lipinski definition) is 2. The fourth-order valence-corrected chi connectivity index (χ4v) is 2.29. The highest BCUT2D eigenvalue weighted by Crippen LogP contribution is 2.15. The van der Waals surface area contributed by atoms with E-state index in [1.54, 1.807) is 25.3 Å². The Morgan fingerprint density at radius 2 is 1.95 bits per heavy atom. The number of benzene rings is 2. The zero-order chi connectivity index (χ0) is 14.4. The molecule has 0 heterocycles. The number of hydrogen-bond donors (Lipinski definition) is 1. The summed E-state index contributed by atoms with van der Waals surface area (Å²) in [5.74, 6) is 0.530. The highest BCUT2D eigenvalue weighted by molar-refractivity contribution is 9.09. The topological polar surface area (TPSA) is 38.3 Å². The van der Waals surface area contributed by atoms with Crippen molar-refractivity contribution in [2.45, 2.75) is 6.42 Å². The minimum Gasteiger partial charge on any atom is -0.497 e. The molecule has 0 aliphatic heterocycles. The molecule has 0 bridgehead atoms. The first-order valence-electron chi connectivity index (χ1n) is 6.33. The van der Waals surface area contributed by atoms with Crippen molar-refractivity contribution in [3.05, 3.63) is 59.7 Å². The molecule has 20 heavy (non-hydrogen) atoms. The first-order valence-corrected chi connectivity index (χ1v) is 7.45.